The molecule has 1 aliphatic rings. The van der Waals surface area contributed by atoms with Crippen molar-refractivity contribution in [2.45, 2.75) is 38.3 Å². The molecule has 4 nitrogen and oxygen atoms in total. The molecule has 1 aromatic heterocycles. The van der Waals surface area contributed by atoms with Gasteiger partial charge in [-0.25, -0.2) is 0 Å². The molecule has 0 saturated carbocycles. The minimum absolute atomic E-state index is 0.0360. The van der Waals surface area contributed by atoms with Crippen molar-refractivity contribution in [1.82, 2.24) is 10.6 Å². The molecule has 4 heteroatoms. The zero-order valence-corrected chi connectivity index (χ0v) is 9.53. The lowest BCUT2D eigenvalue weighted by atomic mass is 10.0. The fourth-order valence-electron chi connectivity index (χ4n) is 2.00. The molecule has 0 aromatic carbocycles. The Morgan fingerprint density at radius 1 is 1.62 bits per heavy atom. The largest absolute Gasteiger partial charge is 0.467 e. The van der Waals surface area contributed by atoms with E-state index in [1.807, 2.05) is 19.1 Å². The van der Waals surface area contributed by atoms with Crippen molar-refractivity contribution in [3.63, 3.8) is 0 Å². The lowest BCUT2D eigenvalue weighted by molar-refractivity contribution is -0.124. The third kappa shape index (κ3) is 2.64. The van der Waals surface area contributed by atoms with Gasteiger partial charge in [-0.3, -0.25) is 4.79 Å². The van der Waals surface area contributed by atoms with Gasteiger partial charge >= 0.3 is 0 Å². The second-order valence-corrected chi connectivity index (χ2v) is 4.25. The minimum atomic E-state index is -0.0637. The van der Waals surface area contributed by atoms with Crippen LogP contribution < -0.4 is 10.6 Å². The number of hydrogen-bond donors (Lipinski definition) is 2. The first kappa shape index (κ1) is 11.2. The molecule has 2 rings (SSSR count). The number of hydrogen-bond acceptors (Lipinski definition) is 3. The predicted octanol–water partition coefficient (Wildman–Crippen LogP) is 1.60. The highest BCUT2D eigenvalue weighted by molar-refractivity contribution is 5.82. The van der Waals surface area contributed by atoms with E-state index in [2.05, 4.69) is 10.6 Å². The standard InChI is InChI=1S/C12H18N2O2/c1-9(11-6-4-8-16-11)14-12(15)10-5-2-3-7-13-10/h4,6,8-10,13H,2-3,5,7H2,1H3,(H,14,15)/t9-,10?/m1/s1. The van der Waals surface area contributed by atoms with Gasteiger partial charge in [0.25, 0.3) is 0 Å². The van der Waals surface area contributed by atoms with Gasteiger partial charge in [0, 0.05) is 0 Å². The topological polar surface area (TPSA) is 54.3 Å². The number of furan rings is 1. The Labute approximate surface area is 95.4 Å². The van der Waals surface area contributed by atoms with Gasteiger partial charge in [0.2, 0.25) is 5.91 Å². The van der Waals surface area contributed by atoms with Gasteiger partial charge in [0.05, 0.1) is 18.3 Å². The third-order valence-electron chi connectivity index (χ3n) is 2.96. The quantitative estimate of drug-likeness (QED) is 0.816. The van der Waals surface area contributed by atoms with Crippen LogP contribution in [-0.2, 0) is 4.79 Å². The van der Waals surface area contributed by atoms with E-state index in [9.17, 15) is 4.79 Å². The summed E-state index contributed by atoms with van der Waals surface area (Å²) in [5.41, 5.74) is 0. The van der Waals surface area contributed by atoms with E-state index in [0.29, 0.717) is 0 Å². The number of piperidine rings is 1. The predicted molar refractivity (Wildman–Crippen MR) is 60.9 cm³/mol. The summed E-state index contributed by atoms with van der Waals surface area (Å²) in [6, 6.07) is 3.60. The summed E-state index contributed by atoms with van der Waals surface area (Å²) < 4.78 is 5.25. The number of amides is 1. The molecule has 1 fully saturated rings. The Bertz CT molecular complexity index is 329. The molecular weight excluding hydrogens is 204 g/mol. The normalized spacial score (nSPS) is 22.7. The fourth-order valence-corrected chi connectivity index (χ4v) is 2.00. The van der Waals surface area contributed by atoms with Crippen molar-refractivity contribution >= 4 is 5.91 Å². The van der Waals surface area contributed by atoms with Crippen molar-refractivity contribution in [1.29, 1.82) is 0 Å². The SMILES string of the molecule is C[C@@H](NC(=O)C1CCCCN1)c1ccco1. The van der Waals surface area contributed by atoms with Crippen molar-refractivity contribution < 1.29 is 9.21 Å². The zero-order chi connectivity index (χ0) is 11.4. The van der Waals surface area contributed by atoms with Crippen LogP contribution in [-0.4, -0.2) is 18.5 Å². The van der Waals surface area contributed by atoms with Crippen LogP contribution in [0.4, 0.5) is 0 Å². The van der Waals surface area contributed by atoms with Gasteiger partial charge in [-0.2, -0.15) is 0 Å². The number of carbonyl (C=O) groups excluding carboxylic acids is 1. The Morgan fingerprint density at radius 3 is 3.12 bits per heavy atom. The van der Waals surface area contributed by atoms with Crippen LogP contribution in [0.3, 0.4) is 0 Å². The minimum Gasteiger partial charge on any atom is -0.467 e. The van der Waals surface area contributed by atoms with Gasteiger partial charge in [0.1, 0.15) is 5.76 Å². The summed E-state index contributed by atoms with van der Waals surface area (Å²) in [7, 11) is 0. The van der Waals surface area contributed by atoms with E-state index in [0.717, 1.165) is 31.6 Å². The molecule has 88 valence electrons. The summed E-state index contributed by atoms with van der Waals surface area (Å²) in [4.78, 5) is 11.9. The summed E-state index contributed by atoms with van der Waals surface area (Å²) >= 11 is 0. The first-order chi connectivity index (χ1) is 7.77. The number of nitrogens with one attached hydrogen (secondary N) is 2. The Morgan fingerprint density at radius 2 is 2.50 bits per heavy atom. The van der Waals surface area contributed by atoms with E-state index >= 15 is 0 Å². The summed E-state index contributed by atoms with van der Waals surface area (Å²) in [6.45, 7) is 2.87. The van der Waals surface area contributed by atoms with Gasteiger partial charge in [-0.05, 0) is 38.4 Å². The molecule has 16 heavy (non-hydrogen) atoms. The molecule has 1 amide bonds. The molecule has 0 bridgehead atoms. The van der Waals surface area contributed by atoms with Crippen LogP contribution in [0.2, 0.25) is 0 Å². The highest BCUT2D eigenvalue weighted by Gasteiger charge is 2.22. The van der Waals surface area contributed by atoms with Crippen LogP contribution in [0.15, 0.2) is 22.8 Å². The van der Waals surface area contributed by atoms with Crippen LogP contribution in [0.5, 0.6) is 0 Å². The first-order valence-corrected chi connectivity index (χ1v) is 5.84. The Kier molecular flexibility index (Phi) is 3.62. The number of rotatable bonds is 3. The maximum atomic E-state index is 11.9. The molecule has 0 spiro atoms. The average Bonchev–Trinajstić information content (AvgIpc) is 2.83. The molecule has 1 unspecified atom stereocenters. The molecule has 1 saturated heterocycles. The van der Waals surface area contributed by atoms with Crippen LogP contribution >= 0.6 is 0 Å². The van der Waals surface area contributed by atoms with E-state index in [1.165, 1.54) is 0 Å². The van der Waals surface area contributed by atoms with E-state index in [4.69, 9.17) is 4.42 Å². The highest BCUT2D eigenvalue weighted by atomic mass is 16.3. The summed E-state index contributed by atoms with van der Waals surface area (Å²) in [6.07, 6.45) is 4.84. The maximum absolute atomic E-state index is 11.9. The molecule has 1 aromatic rings. The van der Waals surface area contributed by atoms with Crippen molar-refractivity contribution in [2.24, 2.45) is 0 Å². The zero-order valence-electron chi connectivity index (χ0n) is 9.53. The van der Waals surface area contributed by atoms with Gasteiger partial charge < -0.3 is 15.1 Å². The second kappa shape index (κ2) is 5.16. The van der Waals surface area contributed by atoms with E-state index < -0.39 is 0 Å². The third-order valence-corrected chi connectivity index (χ3v) is 2.96. The average molecular weight is 222 g/mol. The molecule has 2 atom stereocenters. The second-order valence-electron chi connectivity index (χ2n) is 4.25. The van der Waals surface area contributed by atoms with E-state index in [1.54, 1.807) is 6.26 Å². The van der Waals surface area contributed by atoms with Crippen molar-refractivity contribution in [2.75, 3.05) is 6.54 Å². The molecule has 1 aliphatic heterocycles. The van der Waals surface area contributed by atoms with Crippen LogP contribution in [0.1, 0.15) is 38.0 Å². The van der Waals surface area contributed by atoms with Gasteiger partial charge in [-0.15, -0.1) is 0 Å². The fraction of sp³-hybridized carbons (Fsp3) is 0.583. The number of carbonyl (C=O) groups is 1. The van der Waals surface area contributed by atoms with Crippen LogP contribution in [0, 0.1) is 0 Å². The smallest absolute Gasteiger partial charge is 0.237 e. The summed E-state index contributed by atoms with van der Waals surface area (Å²) in [5, 5.41) is 6.18. The molecular formula is C12H18N2O2. The maximum Gasteiger partial charge on any atom is 0.237 e. The lowest BCUT2D eigenvalue weighted by Gasteiger charge is -2.24. The lowest BCUT2D eigenvalue weighted by Crippen LogP contribution is -2.47. The molecule has 2 N–H and O–H groups in total. The van der Waals surface area contributed by atoms with Crippen molar-refractivity contribution in [3.05, 3.63) is 24.2 Å². The highest BCUT2D eigenvalue weighted by Crippen LogP contribution is 2.13. The molecule has 0 radical (unpaired) electrons. The van der Waals surface area contributed by atoms with E-state index in [-0.39, 0.29) is 18.0 Å². The molecule has 0 aliphatic carbocycles. The van der Waals surface area contributed by atoms with Gasteiger partial charge in [0.15, 0.2) is 0 Å². The first-order valence-electron chi connectivity index (χ1n) is 5.84. The van der Waals surface area contributed by atoms with Gasteiger partial charge in [-0.1, -0.05) is 6.42 Å². The summed E-state index contributed by atoms with van der Waals surface area (Å²) in [5.74, 6) is 0.868. The van der Waals surface area contributed by atoms with Crippen molar-refractivity contribution in [3.8, 4) is 0 Å². The Balaban J connectivity index is 1.86. The van der Waals surface area contributed by atoms with Crippen LogP contribution in [0.25, 0.3) is 0 Å². The monoisotopic (exact) mass is 222 g/mol. The Hall–Kier alpha value is -1.29. The molecule has 2 heterocycles.